The summed E-state index contributed by atoms with van der Waals surface area (Å²) in [4.78, 5) is 67.6. The SMILES string of the molecule is CCN(CC)CC.COc1ccc(C(OC[C@H]2O[C@@H](n3cnc4c(NC(=O)c5ccccc5)ncnc43)C[C@@H]2OP(=O)(OC[C@H]2O[C@@H](n3cnc4c(NC(=O)c5ccccc5)ncnc43)C[C@@H]2OP(=O)(O)Oc2ccc(Cl)cc2)Oc2ccc(Cl)cc2)(c2ccccc2)c2ccc(OC)cc2)cc1. The van der Waals surface area contributed by atoms with Gasteiger partial charge in [-0.15, -0.1) is 0 Å². The smallest absolute Gasteiger partial charge is 0.497 e. The van der Waals surface area contributed by atoms with Gasteiger partial charge in [0.05, 0.1) is 40.1 Å². The van der Waals surface area contributed by atoms with E-state index >= 15 is 4.57 Å². The molecular formula is C73H73Cl2N11O15P2. The lowest BCUT2D eigenvalue weighted by molar-refractivity contribution is -0.0936. The fourth-order valence-corrected chi connectivity index (χ4v) is 14.6. The molecule has 0 bridgehead atoms. The minimum Gasteiger partial charge on any atom is -0.497 e. The first-order valence-electron chi connectivity index (χ1n) is 32.9. The van der Waals surface area contributed by atoms with E-state index in [0.717, 1.165) is 5.56 Å². The quantitative estimate of drug-likeness (QED) is 0.0303. The molecule has 0 radical (unpaired) electrons. The van der Waals surface area contributed by atoms with E-state index in [-0.39, 0.29) is 64.9 Å². The highest BCUT2D eigenvalue weighted by atomic mass is 35.5. The van der Waals surface area contributed by atoms with Crippen molar-refractivity contribution in [1.82, 2.24) is 43.9 Å². The summed E-state index contributed by atoms with van der Waals surface area (Å²) in [6.45, 7) is 9.15. The second kappa shape index (κ2) is 33.3. The molecule has 2 amide bonds. The first-order valence-corrected chi connectivity index (χ1v) is 36.6. The first kappa shape index (κ1) is 73.3. The number of nitrogens with one attached hydrogen (secondary N) is 2. The zero-order valence-corrected chi connectivity index (χ0v) is 59.8. The number of fused-ring (bicyclic) bond motifs is 2. The average molecular weight is 1480 g/mol. The number of nitrogens with zero attached hydrogens (tertiary/aromatic N) is 9. The van der Waals surface area contributed by atoms with Crippen LogP contribution >= 0.6 is 38.8 Å². The van der Waals surface area contributed by atoms with Crippen LogP contribution in [0.15, 0.2) is 213 Å². The van der Waals surface area contributed by atoms with Crippen molar-refractivity contribution < 1.29 is 69.9 Å². The number of carbonyl (C=O) groups is 2. The van der Waals surface area contributed by atoms with E-state index in [1.165, 1.54) is 98.0 Å². The Morgan fingerprint density at radius 1 is 0.534 bits per heavy atom. The summed E-state index contributed by atoms with van der Waals surface area (Å²) in [7, 11) is -6.95. The van der Waals surface area contributed by atoms with Gasteiger partial charge in [0.25, 0.3) is 11.8 Å². The fraction of sp³-hybridized carbons (Fsp3) is 0.260. The first-order chi connectivity index (χ1) is 50.0. The molecule has 103 heavy (non-hydrogen) atoms. The van der Waals surface area contributed by atoms with E-state index in [2.05, 4.69) is 66.2 Å². The molecule has 0 saturated carbocycles. The predicted molar refractivity (Wildman–Crippen MR) is 386 cm³/mol. The summed E-state index contributed by atoms with van der Waals surface area (Å²) in [6.07, 6.45) is -2.12. The highest BCUT2D eigenvalue weighted by Gasteiger charge is 2.49. The van der Waals surface area contributed by atoms with Gasteiger partial charge < -0.3 is 48.3 Å². The van der Waals surface area contributed by atoms with E-state index < -0.39 is 76.5 Å². The molecule has 11 aromatic rings. The number of anilines is 2. The number of phosphoric acid groups is 2. The van der Waals surface area contributed by atoms with Crippen molar-refractivity contribution in [1.29, 1.82) is 0 Å². The average Bonchev–Trinajstić information content (AvgIpc) is 1.58. The third kappa shape index (κ3) is 17.4. The van der Waals surface area contributed by atoms with Crippen LogP contribution in [0.25, 0.3) is 22.3 Å². The predicted octanol–water partition coefficient (Wildman–Crippen LogP) is 14.6. The van der Waals surface area contributed by atoms with Crippen molar-refractivity contribution in [2.24, 2.45) is 0 Å². The van der Waals surface area contributed by atoms with Gasteiger partial charge in [-0.05, 0) is 133 Å². The van der Waals surface area contributed by atoms with Crippen LogP contribution in [-0.4, -0.2) is 132 Å². The van der Waals surface area contributed by atoms with E-state index in [0.29, 0.717) is 43.8 Å². The number of hydrogen-bond donors (Lipinski definition) is 3. The van der Waals surface area contributed by atoms with Gasteiger partial charge >= 0.3 is 15.6 Å². The lowest BCUT2D eigenvalue weighted by Gasteiger charge is -2.37. The van der Waals surface area contributed by atoms with Crippen LogP contribution in [0, 0.1) is 0 Å². The van der Waals surface area contributed by atoms with Gasteiger partial charge in [0.1, 0.15) is 78.1 Å². The van der Waals surface area contributed by atoms with Gasteiger partial charge in [-0.2, -0.15) is 0 Å². The van der Waals surface area contributed by atoms with Gasteiger partial charge in [0, 0.05) is 34.0 Å². The van der Waals surface area contributed by atoms with Crippen LogP contribution in [0.1, 0.15) is 83.5 Å². The van der Waals surface area contributed by atoms with Crippen LogP contribution in [0.3, 0.4) is 0 Å². The molecule has 4 aromatic heterocycles. The number of rotatable bonds is 28. The molecule has 2 aliphatic heterocycles. The second-order valence-corrected chi connectivity index (χ2v) is 27.2. The number of phosphoric ester groups is 2. The summed E-state index contributed by atoms with van der Waals surface area (Å²) in [5.41, 5.74) is 2.34. The van der Waals surface area contributed by atoms with Crippen LogP contribution in [0.4, 0.5) is 11.6 Å². The second-order valence-electron chi connectivity index (χ2n) is 23.5. The van der Waals surface area contributed by atoms with E-state index in [4.69, 9.17) is 69.5 Å². The number of hydrogen-bond acceptors (Lipinski definition) is 21. The number of halogens is 2. The number of benzene rings is 7. The Balaban J connectivity index is 0.00000136. The third-order valence-electron chi connectivity index (χ3n) is 17.2. The maximum Gasteiger partial charge on any atom is 0.530 e. The van der Waals surface area contributed by atoms with Crippen LogP contribution in [-0.2, 0) is 42.5 Å². The number of ether oxygens (including phenoxy) is 5. The Morgan fingerprint density at radius 2 is 0.942 bits per heavy atom. The Morgan fingerprint density at radius 3 is 1.38 bits per heavy atom. The van der Waals surface area contributed by atoms with Crippen molar-refractivity contribution >= 4 is 84.6 Å². The highest BCUT2D eigenvalue weighted by Crippen LogP contribution is 2.56. The number of imidazole rings is 2. The molecule has 3 N–H and O–H groups in total. The van der Waals surface area contributed by atoms with E-state index in [9.17, 15) is 19.0 Å². The normalized spacial score (nSPS) is 18.5. The maximum atomic E-state index is 16.2. The van der Waals surface area contributed by atoms with Crippen molar-refractivity contribution in [2.75, 3.05) is 57.7 Å². The van der Waals surface area contributed by atoms with Crippen molar-refractivity contribution in [3.05, 3.63) is 251 Å². The van der Waals surface area contributed by atoms with Gasteiger partial charge in [0.2, 0.25) is 0 Å². The largest absolute Gasteiger partial charge is 0.530 e. The molecule has 2 saturated heterocycles. The molecule has 30 heteroatoms. The molecule has 8 atom stereocenters. The molecule has 0 aliphatic carbocycles. The summed E-state index contributed by atoms with van der Waals surface area (Å²) in [5, 5.41) is 6.31. The molecule has 2 fully saturated rings. The lowest BCUT2D eigenvalue weighted by atomic mass is 9.80. The highest BCUT2D eigenvalue weighted by molar-refractivity contribution is 7.49. The van der Waals surface area contributed by atoms with Crippen molar-refractivity contribution in [3.63, 3.8) is 0 Å². The van der Waals surface area contributed by atoms with Crippen molar-refractivity contribution in [3.8, 4) is 23.0 Å². The Bertz CT molecular complexity index is 4700. The molecule has 2 aliphatic rings. The number of amides is 2. The summed E-state index contributed by atoms with van der Waals surface area (Å²) >= 11 is 12.5. The van der Waals surface area contributed by atoms with Crippen molar-refractivity contribution in [2.45, 2.75) is 76.1 Å². The van der Waals surface area contributed by atoms with E-state index in [1.54, 1.807) is 79.5 Å². The summed E-state index contributed by atoms with van der Waals surface area (Å²) in [5.74, 6) is 0.485. The zero-order valence-electron chi connectivity index (χ0n) is 56.5. The van der Waals surface area contributed by atoms with Crippen LogP contribution in [0.2, 0.25) is 10.0 Å². The lowest BCUT2D eigenvalue weighted by Crippen LogP contribution is -2.38. The Labute approximate surface area is 603 Å². The molecule has 13 rings (SSSR count). The Kier molecular flexibility index (Phi) is 23.7. The van der Waals surface area contributed by atoms with Gasteiger partial charge in [0.15, 0.2) is 34.0 Å². The molecule has 26 nitrogen and oxygen atoms in total. The standard InChI is InChI=1S/C67H58Cl2N10O15P2.C6H15N/c1-85-49-26-18-45(19-27-49)67(44-16-10-5-11-17-44,46-20-28-50(86-2)29-21-46)87-36-55-54(35-58(89-55)79-41-75-60-62(71-39-73-64(60)79)77-66(81)43-14-8-4-9-15-43)94-96(84,92-52-32-24-48(69)25-33-52)88-37-56-53(93-95(82,83)91-51-30-22-47(68)23-31-51)34-57(90-56)78-40-74-59-61(70-38-72-63(59)78)76-65(80)42-12-6-3-7-13-42;1-4-7(5-2)6-3/h3-33,38-41,53-58H,34-37H2,1-2H3,(H,82,83)(H,70,72,76,80)(H,71,73,77,81);4-6H2,1-3H3/t53-,54-,55+,56+,57+,58+,96?;/m0./s1. The topological polar surface area (TPSA) is 295 Å². The number of methoxy groups -OCH3 is 2. The van der Waals surface area contributed by atoms with Crippen LogP contribution in [0.5, 0.6) is 23.0 Å². The number of carbonyl (C=O) groups excluding carboxylic acids is 2. The summed E-state index contributed by atoms with van der Waals surface area (Å²) in [6, 6.07) is 53.2. The maximum absolute atomic E-state index is 16.2. The minimum atomic E-state index is -5.05. The van der Waals surface area contributed by atoms with Gasteiger partial charge in [-0.3, -0.25) is 37.2 Å². The summed E-state index contributed by atoms with van der Waals surface area (Å²) < 4.78 is 96.7. The molecule has 6 heterocycles. The zero-order chi connectivity index (χ0) is 72.1. The monoisotopic (exact) mass is 1480 g/mol. The minimum absolute atomic E-state index is 0.00413. The van der Waals surface area contributed by atoms with E-state index in [1.807, 2.05) is 78.9 Å². The molecular weight excluding hydrogens is 1400 g/mol. The molecule has 7 aromatic carbocycles. The van der Waals surface area contributed by atoms with Crippen LogP contribution < -0.4 is 29.2 Å². The third-order valence-corrected chi connectivity index (χ3v) is 20.1. The van der Waals surface area contributed by atoms with Gasteiger partial charge in [-0.25, -0.2) is 39.0 Å². The number of aromatic nitrogens is 8. The molecule has 534 valence electrons. The molecule has 0 spiro atoms. The van der Waals surface area contributed by atoms with Gasteiger partial charge in [-0.1, -0.05) is 135 Å². The Hall–Kier alpha value is -9.50. The fourth-order valence-electron chi connectivity index (χ4n) is 11.9. The molecule has 2 unspecified atom stereocenters.